The Morgan fingerprint density at radius 2 is 1.77 bits per heavy atom. The largest absolute Gasteiger partial charge is 0.867 e. The van der Waals surface area contributed by atoms with Gasteiger partial charge in [0.15, 0.2) is 0 Å². The van der Waals surface area contributed by atoms with E-state index in [0.717, 1.165) is 0 Å². The average molecular weight is 187 g/mol. The van der Waals surface area contributed by atoms with Crippen LogP contribution in [0.3, 0.4) is 0 Å². The van der Waals surface area contributed by atoms with E-state index in [2.05, 4.69) is 9.47 Å². The van der Waals surface area contributed by atoms with Crippen LogP contribution in [-0.2, 0) is 19.1 Å². The van der Waals surface area contributed by atoms with Gasteiger partial charge in [-0.15, -0.1) is 0 Å². The molecule has 0 aromatic heterocycles. The van der Waals surface area contributed by atoms with Crippen molar-refractivity contribution in [3.63, 3.8) is 0 Å². The number of esters is 2. The second-order valence-corrected chi connectivity index (χ2v) is 1.98. The fraction of sp³-hybridized carbons (Fsp3) is 0.500. The average Bonchev–Trinajstić information content (AvgIpc) is 2.05. The van der Waals surface area contributed by atoms with E-state index in [1.807, 2.05) is 0 Å². The van der Waals surface area contributed by atoms with E-state index < -0.39 is 17.7 Å². The highest BCUT2D eigenvalue weighted by Crippen LogP contribution is 1.90. The van der Waals surface area contributed by atoms with E-state index in [4.69, 9.17) is 0 Å². The van der Waals surface area contributed by atoms with Crippen LogP contribution in [0.4, 0.5) is 0 Å². The van der Waals surface area contributed by atoms with Crippen LogP contribution in [0.1, 0.15) is 13.8 Å². The molecule has 0 fully saturated rings. The Morgan fingerprint density at radius 1 is 1.23 bits per heavy atom. The van der Waals surface area contributed by atoms with E-state index in [1.165, 1.54) is 0 Å². The third-order valence-corrected chi connectivity index (χ3v) is 1.01. The molecule has 0 N–H and O–H groups in total. The standard InChI is InChI=1S/C8H12O5/c1-3-12-7(10)5-6(9)8(11)13-4-2/h5,9H,3-4H2,1-2H3/p-1/b6-5+. The molecule has 13 heavy (non-hydrogen) atoms. The van der Waals surface area contributed by atoms with Crippen LogP contribution in [0.2, 0.25) is 0 Å². The molecule has 0 radical (unpaired) electrons. The highest BCUT2D eigenvalue weighted by molar-refractivity contribution is 5.93. The SMILES string of the molecule is CCOC(=O)/C=C(/[O-])C(=O)OCC. The Labute approximate surface area is 75.9 Å². The molecule has 0 saturated carbocycles. The molecule has 5 nitrogen and oxygen atoms in total. The lowest BCUT2D eigenvalue weighted by atomic mass is 10.4. The smallest absolute Gasteiger partial charge is 0.330 e. The summed E-state index contributed by atoms with van der Waals surface area (Å²) in [5.41, 5.74) is 0. The maximum Gasteiger partial charge on any atom is 0.330 e. The summed E-state index contributed by atoms with van der Waals surface area (Å²) >= 11 is 0. The van der Waals surface area contributed by atoms with Gasteiger partial charge in [0.2, 0.25) is 0 Å². The van der Waals surface area contributed by atoms with Crippen molar-refractivity contribution in [2.75, 3.05) is 13.2 Å². The normalized spacial score (nSPS) is 10.8. The summed E-state index contributed by atoms with van der Waals surface area (Å²) in [5, 5.41) is 10.8. The number of carbonyl (C=O) groups excluding carboxylic acids is 2. The minimum Gasteiger partial charge on any atom is -0.867 e. The van der Waals surface area contributed by atoms with Crippen molar-refractivity contribution in [1.82, 2.24) is 0 Å². The molecule has 74 valence electrons. The molecule has 0 heterocycles. The zero-order chi connectivity index (χ0) is 10.3. The molecule has 0 saturated heterocycles. The number of hydrogen-bond donors (Lipinski definition) is 0. The van der Waals surface area contributed by atoms with Crippen LogP contribution in [0.5, 0.6) is 0 Å². The molecule has 0 spiro atoms. The van der Waals surface area contributed by atoms with E-state index in [-0.39, 0.29) is 13.2 Å². The van der Waals surface area contributed by atoms with Gasteiger partial charge >= 0.3 is 11.9 Å². The quantitative estimate of drug-likeness (QED) is 0.332. The van der Waals surface area contributed by atoms with Gasteiger partial charge in [-0.05, 0) is 19.6 Å². The highest BCUT2D eigenvalue weighted by Gasteiger charge is 2.02. The number of rotatable bonds is 4. The zero-order valence-electron chi connectivity index (χ0n) is 7.53. The summed E-state index contributed by atoms with van der Waals surface area (Å²) < 4.78 is 8.77. The lowest BCUT2D eigenvalue weighted by molar-refractivity contribution is -0.303. The van der Waals surface area contributed by atoms with Crippen molar-refractivity contribution in [1.29, 1.82) is 0 Å². The van der Waals surface area contributed by atoms with E-state index in [0.29, 0.717) is 6.08 Å². The van der Waals surface area contributed by atoms with Gasteiger partial charge in [-0.25, -0.2) is 9.59 Å². The van der Waals surface area contributed by atoms with Gasteiger partial charge in [-0.2, -0.15) is 0 Å². The van der Waals surface area contributed by atoms with Crippen LogP contribution >= 0.6 is 0 Å². The van der Waals surface area contributed by atoms with Crippen molar-refractivity contribution in [3.8, 4) is 0 Å². The third-order valence-electron chi connectivity index (χ3n) is 1.01. The van der Waals surface area contributed by atoms with Gasteiger partial charge in [0.05, 0.1) is 13.2 Å². The molecular formula is C8H11O5-. The first kappa shape index (κ1) is 11.5. The lowest BCUT2D eigenvalue weighted by Gasteiger charge is -2.09. The summed E-state index contributed by atoms with van der Waals surface area (Å²) in [6, 6.07) is 0. The third kappa shape index (κ3) is 4.84. The molecule has 0 aromatic carbocycles. The highest BCUT2D eigenvalue weighted by atomic mass is 16.5. The molecule has 0 amide bonds. The fourth-order valence-corrected chi connectivity index (χ4v) is 0.552. The molecule has 0 aromatic rings. The van der Waals surface area contributed by atoms with Crippen LogP contribution in [-0.4, -0.2) is 25.2 Å². The Bertz CT molecular complexity index is 219. The molecule has 0 bridgehead atoms. The number of ether oxygens (including phenoxy) is 2. The predicted molar refractivity (Wildman–Crippen MR) is 41.3 cm³/mol. The molecule has 0 unspecified atom stereocenters. The topological polar surface area (TPSA) is 75.7 Å². The zero-order valence-corrected chi connectivity index (χ0v) is 7.53. The first-order chi connectivity index (χ1) is 6.11. The van der Waals surface area contributed by atoms with Crippen LogP contribution in [0, 0.1) is 0 Å². The Morgan fingerprint density at radius 3 is 2.23 bits per heavy atom. The molecule has 0 atom stereocenters. The van der Waals surface area contributed by atoms with E-state index in [9.17, 15) is 14.7 Å². The van der Waals surface area contributed by atoms with Crippen molar-refractivity contribution in [2.45, 2.75) is 13.8 Å². The Balaban J connectivity index is 4.14. The lowest BCUT2D eigenvalue weighted by Crippen LogP contribution is -2.20. The summed E-state index contributed by atoms with van der Waals surface area (Å²) in [7, 11) is 0. The number of hydrogen-bond acceptors (Lipinski definition) is 5. The Kier molecular flexibility index (Phi) is 5.34. The molecule has 0 aliphatic rings. The van der Waals surface area contributed by atoms with Gasteiger partial charge in [-0.1, -0.05) is 0 Å². The molecule has 5 heteroatoms. The van der Waals surface area contributed by atoms with Gasteiger partial charge in [0, 0.05) is 6.08 Å². The first-order valence-corrected chi connectivity index (χ1v) is 3.84. The second-order valence-electron chi connectivity index (χ2n) is 1.98. The molecule has 0 aliphatic heterocycles. The summed E-state index contributed by atoms with van der Waals surface area (Å²) in [5.74, 6) is -2.88. The van der Waals surface area contributed by atoms with Gasteiger partial charge in [0.1, 0.15) is 0 Å². The minimum atomic E-state index is -1.05. The monoisotopic (exact) mass is 187 g/mol. The van der Waals surface area contributed by atoms with E-state index >= 15 is 0 Å². The summed E-state index contributed by atoms with van der Waals surface area (Å²) in [4.78, 5) is 21.3. The summed E-state index contributed by atoms with van der Waals surface area (Å²) in [6.07, 6.45) is 0.571. The van der Waals surface area contributed by atoms with Crippen LogP contribution in [0.25, 0.3) is 0 Å². The molecule has 0 rings (SSSR count). The fourth-order valence-electron chi connectivity index (χ4n) is 0.552. The van der Waals surface area contributed by atoms with Gasteiger partial charge in [0.25, 0.3) is 0 Å². The van der Waals surface area contributed by atoms with Crippen molar-refractivity contribution in [3.05, 3.63) is 11.8 Å². The maximum atomic E-state index is 10.8. The van der Waals surface area contributed by atoms with Crippen molar-refractivity contribution in [2.24, 2.45) is 0 Å². The molecule has 0 aliphatic carbocycles. The summed E-state index contributed by atoms with van der Waals surface area (Å²) in [6.45, 7) is 3.42. The number of carbonyl (C=O) groups is 2. The van der Waals surface area contributed by atoms with Gasteiger partial charge in [-0.3, -0.25) is 0 Å². The van der Waals surface area contributed by atoms with Crippen LogP contribution < -0.4 is 5.11 Å². The predicted octanol–water partition coefficient (Wildman–Crippen LogP) is -0.643. The van der Waals surface area contributed by atoms with Crippen molar-refractivity contribution < 1.29 is 24.2 Å². The van der Waals surface area contributed by atoms with E-state index in [1.54, 1.807) is 13.8 Å². The Hall–Kier alpha value is -1.52. The first-order valence-electron chi connectivity index (χ1n) is 3.84. The second kappa shape index (κ2) is 6.05. The minimum absolute atomic E-state index is 0.0985. The van der Waals surface area contributed by atoms with Gasteiger partial charge < -0.3 is 14.6 Å². The maximum absolute atomic E-state index is 10.8. The van der Waals surface area contributed by atoms with Crippen molar-refractivity contribution >= 4 is 11.9 Å². The molecular weight excluding hydrogens is 176 g/mol. The van der Waals surface area contributed by atoms with Crippen LogP contribution in [0.15, 0.2) is 11.8 Å².